The largest absolute Gasteiger partial charge is 0.370 e. The first-order valence-electron chi connectivity index (χ1n) is 5.60. The highest BCUT2D eigenvalue weighted by molar-refractivity contribution is 6.35. The van der Waals surface area contributed by atoms with Gasteiger partial charge in [-0.25, -0.2) is 0 Å². The van der Waals surface area contributed by atoms with Crippen LogP contribution in [0.5, 0.6) is 0 Å². The minimum absolute atomic E-state index is 0.107. The maximum absolute atomic E-state index is 12.2. The van der Waals surface area contributed by atoms with Crippen molar-refractivity contribution >= 4 is 29.0 Å². The summed E-state index contributed by atoms with van der Waals surface area (Å²) in [6.07, 6.45) is 2.98. The molecule has 0 aromatic heterocycles. The number of methoxy groups -OCH3 is 1. The van der Waals surface area contributed by atoms with E-state index in [1.165, 1.54) is 0 Å². The summed E-state index contributed by atoms with van der Waals surface area (Å²) in [6.45, 7) is 0. The van der Waals surface area contributed by atoms with Crippen LogP contribution < -0.4 is 0 Å². The number of ketones is 1. The molecule has 1 fully saturated rings. The van der Waals surface area contributed by atoms with Crippen molar-refractivity contribution in [3.63, 3.8) is 0 Å². The lowest BCUT2D eigenvalue weighted by Gasteiger charge is -2.38. The van der Waals surface area contributed by atoms with Crippen molar-refractivity contribution in [1.82, 2.24) is 0 Å². The first-order valence-corrected chi connectivity index (χ1v) is 6.35. The summed E-state index contributed by atoms with van der Waals surface area (Å²) in [5.74, 6) is 0.107. The van der Waals surface area contributed by atoms with E-state index in [1.54, 1.807) is 25.3 Å². The Morgan fingerprint density at radius 2 is 2.12 bits per heavy atom. The van der Waals surface area contributed by atoms with Crippen molar-refractivity contribution in [2.75, 3.05) is 7.11 Å². The second-order valence-electron chi connectivity index (χ2n) is 4.39. The Hall–Kier alpha value is -0.570. The number of ether oxygens (including phenoxy) is 1. The molecular weight excluding hydrogens is 259 g/mol. The van der Waals surface area contributed by atoms with Crippen LogP contribution in [0, 0.1) is 0 Å². The van der Waals surface area contributed by atoms with Crippen LogP contribution in [-0.2, 0) is 16.0 Å². The standard InChI is InChI=1S/C13H14Cl2O2/c1-17-13(5-2-6-13)12(16)7-9-3-4-10(14)8-11(9)15/h3-4,8H,2,5-7H2,1H3. The Bertz CT molecular complexity index is 434. The predicted molar refractivity (Wildman–Crippen MR) is 68.8 cm³/mol. The van der Waals surface area contributed by atoms with Gasteiger partial charge in [-0.2, -0.15) is 0 Å². The van der Waals surface area contributed by atoms with Gasteiger partial charge in [-0.15, -0.1) is 0 Å². The Balaban J connectivity index is 2.13. The van der Waals surface area contributed by atoms with E-state index < -0.39 is 5.60 Å². The van der Waals surface area contributed by atoms with Gasteiger partial charge in [0.2, 0.25) is 0 Å². The minimum atomic E-state index is -0.567. The third-order valence-electron chi connectivity index (χ3n) is 3.43. The molecule has 4 heteroatoms. The maximum Gasteiger partial charge on any atom is 0.169 e. The van der Waals surface area contributed by atoms with Crippen LogP contribution in [0.4, 0.5) is 0 Å². The molecule has 0 aliphatic heterocycles. The molecule has 0 radical (unpaired) electrons. The topological polar surface area (TPSA) is 26.3 Å². The first-order chi connectivity index (χ1) is 8.07. The molecule has 1 aliphatic rings. The molecule has 0 N–H and O–H groups in total. The van der Waals surface area contributed by atoms with E-state index in [0.29, 0.717) is 16.5 Å². The monoisotopic (exact) mass is 272 g/mol. The van der Waals surface area contributed by atoms with Gasteiger partial charge in [0.25, 0.3) is 0 Å². The highest BCUT2D eigenvalue weighted by Gasteiger charge is 2.43. The van der Waals surface area contributed by atoms with Crippen LogP contribution in [0.25, 0.3) is 0 Å². The fraction of sp³-hybridized carbons (Fsp3) is 0.462. The lowest BCUT2D eigenvalue weighted by atomic mass is 9.75. The molecule has 2 rings (SSSR count). The molecule has 2 nitrogen and oxygen atoms in total. The van der Waals surface area contributed by atoms with Crippen molar-refractivity contribution in [3.05, 3.63) is 33.8 Å². The summed E-state index contributed by atoms with van der Waals surface area (Å²) in [7, 11) is 1.60. The highest BCUT2D eigenvalue weighted by atomic mass is 35.5. The zero-order valence-electron chi connectivity index (χ0n) is 9.63. The van der Waals surface area contributed by atoms with E-state index in [9.17, 15) is 4.79 Å². The van der Waals surface area contributed by atoms with Crippen LogP contribution in [0.15, 0.2) is 18.2 Å². The molecule has 0 unspecified atom stereocenters. The third kappa shape index (κ3) is 2.49. The van der Waals surface area contributed by atoms with E-state index in [1.807, 2.05) is 0 Å². The maximum atomic E-state index is 12.2. The summed E-state index contributed by atoms with van der Waals surface area (Å²) in [5.41, 5.74) is 0.243. The van der Waals surface area contributed by atoms with Crippen molar-refractivity contribution in [2.45, 2.75) is 31.3 Å². The summed E-state index contributed by atoms with van der Waals surface area (Å²) >= 11 is 11.9. The zero-order chi connectivity index (χ0) is 12.5. The number of benzene rings is 1. The van der Waals surface area contributed by atoms with Gasteiger partial charge in [0, 0.05) is 23.6 Å². The van der Waals surface area contributed by atoms with Crippen LogP contribution in [0.2, 0.25) is 10.0 Å². The van der Waals surface area contributed by atoms with Crippen LogP contribution in [-0.4, -0.2) is 18.5 Å². The molecule has 0 saturated heterocycles. The molecule has 1 saturated carbocycles. The Morgan fingerprint density at radius 1 is 1.41 bits per heavy atom. The number of rotatable bonds is 4. The third-order valence-corrected chi connectivity index (χ3v) is 4.01. The summed E-state index contributed by atoms with van der Waals surface area (Å²) in [6, 6.07) is 5.20. The fourth-order valence-electron chi connectivity index (χ4n) is 2.09. The summed E-state index contributed by atoms with van der Waals surface area (Å²) in [4.78, 5) is 12.2. The lowest BCUT2D eigenvalue weighted by Crippen LogP contribution is -2.47. The van der Waals surface area contributed by atoms with Gasteiger partial charge >= 0.3 is 0 Å². The van der Waals surface area contributed by atoms with Gasteiger partial charge in [0.05, 0.1) is 0 Å². The molecule has 1 aliphatic carbocycles. The van der Waals surface area contributed by atoms with Crippen LogP contribution in [0.1, 0.15) is 24.8 Å². The fourth-order valence-corrected chi connectivity index (χ4v) is 2.57. The smallest absolute Gasteiger partial charge is 0.169 e. The Morgan fingerprint density at radius 3 is 2.59 bits per heavy atom. The zero-order valence-corrected chi connectivity index (χ0v) is 11.1. The van der Waals surface area contributed by atoms with Crippen molar-refractivity contribution in [1.29, 1.82) is 0 Å². The van der Waals surface area contributed by atoms with Crippen LogP contribution in [0.3, 0.4) is 0 Å². The number of Topliss-reactive ketones (excluding diaryl/α,β-unsaturated/α-hetero) is 1. The number of carbonyl (C=O) groups excluding carboxylic acids is 1. The normalized spacial score (nSPS) is 17.6. The molecule has 0 heterocycles. The van der Waals surface area contributed by atoms with E-state index in [0.717, 1.165) is 24.8 Å². The SMILES string of the molecule is COC1(C(=O)Cc2ccc(Cl)cc2Cl)CCC1. The summed E-state index contributed by atoms with van der Waals surface area (Å²) < 4.78 is 5.35. The number of hydrogen-bond acceptors (Lipinski definition) is 2. The van der Waals surface area contributed by atoms with Gasteiger partial charge in [-0.1, -0.05) is 29.3 Å². The molecule has 1 aromatic rings. The van der Waals surface area contributed by atoms with E-state index in [-0.39, 0.29) is 5.78 Å². The van der Waals surface area contributed by atoms with Crippen molar-refractivity contribution < 1.29 is 9.53 Å². The number of hydrogen-bond donors (Lipinski definition) is 0. The number of halogens is 2. The molecule has 0 amide bonds. The predicted octanol–water partition coefficient (Wildman–Crippen LogP) is 3.67. The first kappa shape index (κ1) is 12.9. The van der Waals surface area contributed by atoms with Gasteiger partial charge < -0.3 is 4.74 Å². The van der Waals surface area contributed by atoms with Gasteiger partial charge in [-0.05, 0) is 37.0 Å². The van der Waals surface area contributed by atoms with Gasteiger partial charge in [0.1, 0.15) is 5.60 Å². The van der Waals surface area contributed by atoms with Crippen molar-refractivity contribution in [2.24, 2.45) is 0 Å². The number of carbonyl (C=O) groups is 1. The average Bonchev–Trinajstić information content (AvgIpc) is 2.21. The van der Waals surface area contributed by atoms with Gasteiger partial charge in [0.15, 0.2) is 5.78 Å². The second kappa shape index (κ2) is 4.97. The van der Waals surface area contributed by atoms with Gasteiger partial charge in [-0.3, -0.25) is 4.79 Å². The Kier molecular flexibility index (Phi) is 3.76. The molecule has 1 aromatic carbocycles. The van der Waals surface area contributed by atoms with E-state index in [2.05, 4.69) is 0 Å². The molecule has 92 valence electrons. The Labute approximate surface area is 111 Å². The quantitative estimate of drug-likeness (QED) is 0.836. The average molecular weight is 273 g/mol. The van der Waals surface area contributed by atoms with E-state index >= 15 is 0 Å². The molecule has 0 bridgehead atoms. The molecule has 17 heavy (non-hydrogen) atoms. The second-order valence-corrected chi connectivity index (χ2v) is 5.23. The lowest BCUT2D eigenvalue weighted by molar-refractivity contribution is -0.151. The van der Waals surface area contributed by atoms with Crippen LogP contribution >= 0.6 is 23.2 Å². The minimum Gasteiger partial charge on any atom is -0.370 e. The molecule has 0 atom stereocenters. The molecular formula is C13H14Cl2O2. The van der Waals surface area contributed by atoms with E-state index in [4.69, 9.17) is 27.9 Å². The van der Waals surface area contributed by atoms with Crippen molar-refractivity contribution in [3.8, 4) is 0 Å². The summed E-state index contributed by atoms with van der Waals surface area (Å²) in [5, 5.41) is 1.12. The molecule has 0 spiro atoms. The highest BCUT2D eigenvalue weighted by Crippen LogP contribution is 2.37.